The Morgan fingerprint density at radius 3 is 2.71 bits per heavy atom. The van der Waals surface area contributed by atoms with Crippen LogP contribution in [0.2, 0.25) is 0 Å². The van der Waals surface area contributed by atoms with Crippen molar-refractivity contribution in [1.29, 1.82) is 0 Å². The highest BCUT2D eigenvalue weighted by molar-refractivity contribution is 7.15. The lowest BCUT2D eigenvalue weighted by Gasteiger charge is -2.29. The van der Waals surface area contributed by atoms with Crippen molar-refractivity contribution in [1.82, 2.24) is 0 Å². The van der Waals surface area contributed by atoms with Crippen molar-refractivity contribution < 1.29 is 0 Å². The van der Waals surface area contributed by atoms with E-state index >= 15 is 0 Å². The van der Waals surface area contributed by atoms with Crippen molar-refractivity contribution in [2.45, 2.75) is 53.5 Å². The normalized spacial score (nSPS) is 16.8. The van der Waals surface area contributed by atoms with Crippen LogP contribution in [0.15, 0.2) is 18.2 Å². The van der Waals surface area contributed by atoms with Crippen LogP contribution in [0.3, 0.4) is 0 Å². The van der Waals surface area contributed by atoms with Gasteiger partial charge in [0, 0.05) is 16.3 Å². The summed E-state index contributed by atoms with van der Waals surface area (Å²) >= 11 is 2.00. The van der Waals surface area contributed by atoms with Crippen LogP contribution in [0.25, 0.3) is 10.4 Å². The Morgan fingerprint density at radius 1 is 1.24 bits per heavy atom. The summed E-state index contributed by atoms with van der Waals surface area (Å²) in [6, 6.07) is 6.74. The molecule has 112 valence electrons. The first-order valence-corrected chi connectivity index (χ1v) is 8.64. The van der Waals surface area contributed by atoms with Gasteiger partial charge in [-0.05, 0) is 72.4 Å². The molecule has 0 radical (unpaired) electrons. The van der Waals surface area contributed by atoms with Gasteiger partial charge in [0.1, 0.15) is 0 Å². The van der Waals surface area contributed by atoms with Gasteiger partial charge in [0.15, 0.2) is 0 Å². The summed E-state index contributed by atoms with van der Waals surface area (Å²) in [5.41, 5.74) is 13.3. The second-order valence-corrected chi connectivity index (χ2v) is 8.25. The molecule has 1 aromatic carbocycles. The first kappa shape index (κ1) is 14.8. The zero-order chi connectivity index (χ0) is 15.2. The fraction of sp³-hybridized carbons (Fsp3) is 0.474. The van der Waals surface area contributed by atoms with E-state index < -0.39 is 0 Å². The number of thiophene rings is 1. The summed E-state index contributed by atoms with van der Waals surface area (Å²) in [6.45, 7) is 9.85. The van der Waals surface area contributed by atoms with Crippen molar-refractivity contribution in [3.8, 4) is 10.4 Å². The standard InChI is InChI=1S/C19H25NS/c1-12-5-6-14(9-15(12)11-20)18-13(2)16-10-19(3,4)8-7-17(16)21-18/h5-6,9H,7-8,10-11,20H2,1-4H3. The van der Waals surface area contributed by atoms with Crippen LogP contribution in [0.4, 0.5) is 0 Å². The number of benzene rings is 1. The Morgan fingerprint density at radius 2 is 2.00 bits per heavy atom. The molecule has 0 spiro atoms. The van der Waals surface area contributed by atoms with E-state index in [2.05, 4.69) is 45.9 Å². The predicted molar refractivity (Wildman–Crippen MR) is 92.9 cm³/mol. The zero-order valence-corrected chi connectivity index (χ0v) is 14.4. The minimum absolute atomic E-state index is 0.450. The molecular weight excluding hydrogens is 274 g/mol. The van der Waals surface area contributed by atoms with E-state index in [4.69, 9.17) is 5.73 Å². The lowest BCUT2D eigenvalue weighted by Crippen LogP contribution is -2.21. The minimum atomic E-state index is 0.450. The summed E-state index contributed by atoms with van der Waals surface area (Å²) in [5, 5.41) is 0. The van der Waals surface area contributed by atoms with E-state index in [-0.39, 0.29) is 0 Å². The molecule has 1 heterocycles. The first-order chi connectivity index (χ1) is 9.91. The van der Waals surface area contributed by atoms with Crippen molar-refractivity contribution in [3.63, 3.8) is 0 Å². The maximum atomic E-state index is 5.87. The largest absolute Gasteiger partial charge is 0.326 e. The van der Waals surface area contributed by atoms with E-state index in [9.17, 15) is 0 Å². The van der Waals surface area contributed by atoms with Gasteiger partial charge in [-0.3, -0.25) is 0 Å². The molecule has 0 unspecified atom stereocenters. The third kappa shape index (κ3) is 2.67. The quantitative estimate of drug-likeness (QED) is 0.829. The third-order valence-corrected chi connectivity index (χ3v) is 6.31. The molecule has 0 bridgehead atoms. The van der Waals surface area contributed by atoms with E-state index in [0.29, 0.717) is 12.0 Å². The molecule has 0 saturated heterocycles. The Hall–Kier alpha value is -1.12. The zero-order valence-electron chi connectivity index (χ0n) is 13.5. The summed E-state index contributed by atoms with van der Waals surface area (Å²) in [4.78, 5) is 3.06. The number of nitrogens with two attached hydrogens (primary N) is 1. The number of aryl methyl sites for hydroxylation is 2. The van der Waals surface area contributed by atoms with Gasteiger partial charge in [-0.25, -0.2) is 0 Å². The van der Waals surface area contributed by atoms with Crippen LogP contribution in [0.5, 0.6) is 0 Å². The average Bonchev–Trinajstić information content (AvgIpc) is 2.75. The summed E-state index contributed by atoms with van der Waals surface area (Å²) in [5.74, 6) is 0. The van der Waals surface area contributed by atoms with Crippen LogP contribution in [-0.4, -0.2) is 0 Å². The summed E-state index contributed by atoms with van der Waals surface area (Å²) in [7, 11) is 0. The Kier molecular flexibility index (Phi) is 3.71. The van der Waals surface area contributed by atoms with Crippen LogP contribution < -0.4 is 5.73 Å². The molecule has 2 heteroatoms. The third-order valence-electron chi connectivity index (χ3n) is 4.87. The maximum Gasteiger partial charge on any atom is 0.0377 e. The van der Waals surface area contributed by atoms with Crippen molar-refractivity contribution in [2.24, 2.45) is 11.1 Å². The van der Waals surface area contributed by atoms with Gasteiger partial charge in [0.2, 0.25) is 0 Å². The van der Waals surface area contributed by atoms with E-state index in [1.54, 1.807) is 10.4 Å². The van der Waals surface area contributed by atoms with Gasteiger partial charge in [-0.15, -0.1) is 11.3 Å². The van der Waals surface area contributed by atoms with Crippen LogP contribution >= 0.6 is 11.3 Å². The highest BCUT2D eigenvalue weighted by Crippen LogP contribution is 2.44. The van der Waals surface area contributed by atoms with Crippen LogP contribution in [0.1, 0.15) is 47.4 Å². The van der Waals surface area contributed by atoms with Crippen molar-refractivity contribution in [3.05, 3.63) is 45.3 Å². The SMILES string of the molecule is Cc1ccc(-c2sc3c(c2C)CC(C)(C)CC3)cc1CN. The average molecular weight is 299 g/mol. The molecule has 1 nitrogen and oxygen atoms in total. The molecule has 0 amide bonds. The molecule has 0 fully saturated rings. The topological polar surface area (TPSA) is 26.0 Å². The molecule has 1 aromatic heterocycles. The lowest BCUT2D eigenvalue weighted by molar-refractivity contribution is 0.317. The molecule has 0 saturated carbocycles. The number of hydrogen-bond donors (Lipinski definition) is 1. The first-order valence-electron chi connectivity index (χ1n) is 7.82. The number of fused-ring (bicyclic) bond motifs is 1. The smallest absolute Gasteiger partial charge is 0.0377 e. The van der Waals surface area contributed by atoms with Gasteiger partial charge in [-0.2, -0.15) is 0 Å². The Bertz CT molecular complexity index is 679. The Balaban J connectivity index is 2.07. The van der Waals surface area contributed by atoms with Crippen LogP contribution in [-0.2, 0) is 19.4 Å². The molecule has 0 aliphatic heterocycles. The number of hydrogen-bond acceptors (Lipinski definition) is 2. The van der Waals surface area contributed by atoms with Gasteiger partial charge >= 0.3 is 0 Å². The molecule has 1 aliphatic rings. The second-order valence-electron chi connectivity index (χ2n) is 7.14. The summed E-state index contributed by atoms with van der Waals surface area (Å²) < 4.78 is 0. The Labute approximate surface area is 132 Å². The van der Waals surface area contributed by atoms with E-state index in [0.717, 1.165) is 0 Å². The molecule has 3 rings (SSSR count). The van der Waals surface area contributed by atoms with E-state index in [1.807, 2.05) is 11.3 Å². The van der Waals surface area contributed by atoms with Crippen LogP contribution in [0, 0.1) is 19.3 Å². The maximum absolute atomic E-state index is 5.87. The summed E-state index contributed by atoms with van der Waals surface area (Å²) in [6.07, 6.45) is 3.77. The lowest BCUT2D eigenvalue weighted by atomic mass is 9.76. The molecule has 2 N–H and O–H groups in total. The van der Waals surface area contributed by atoms with Gasteiger partial charge in [-0.1, -0.05) is 26.0 Å². The predicted octanol–water partition coefficient (Wildman–Crippen LogP) is 5.01. The fourth-order valence-corrected chi connectivity index (χ4v) is 4.69. The molecule has 0 atom stereocenters. The van der Waals surface area contributed by atoms with E-state index in [1.165, 1.54) is 46.4 Å². The molecular formula is C19H25NS. The van der Waals surface area contributed by atoms with Crippen molar-refractivity contribution in [2.75, 3.05) is 0 Å². The second kappa shape index (κ2) is 5.26. The van der Waals surface area contributed by atoms with Gasteiger partial charge in [0.25, 0.3) is 0 Å². The van der Waals surface area contributed by atoms with Crippen molar-refractivity contribution >= 4 is 11.3 Å². The fourth-order valence-electron chi connectivity index (χ4n) is 3.37. The monoisotopic (exact) mass is 299 g/mol. The molecule has 2 aromatic rings. The molecule has 21 heavy (non-hydrogen) atoms. The minimum Gasteiger partial charge on any atom is -0.326 e. The number of rotatable bonds is 2. The van der Waals surface area contributed by atoms with Gasteiger partial charge < -0.3 is 5.73 Å². The molecule has 1 aliphatic carbocycles. The van der Waals surface area contributed by atoms with Gasteiger partial charge in [0.05, 0.1) is 0 Å². The highest BCUT2D eigenvalue weighted by atomic mass is 32.1. The highest BCUT2D eigenvalue weighted by Gasteiger charge is 2.29.